The Kier molecular flexibility index (Phi) is 3.53. The zero-order chi connectivity index (χ0) is 11.5. The summed E-state index contributed by atoms with van der Waals surface area (Å²) in [6.45, 7) is 0. The minimum atomic E-state index is -0.843. The fourth-order valence-corrected chi connectivity index (χ4v) is 3.07. The van der Waals surface area contributed by atoms with Crippen LogP contribution in [0.4, 0.5) is 14.5 Å². The minimum Gasteiger partial charge on any atom is -0.380 e. The maximum atomic E-state index is 13.3. The number of hydrogen-bond donors (Lipinski definition) is 1. The molecule has 0 atom stereocenters. The molecule has 1 aliphatic heterocycles. The van der Waals surface area contributed by atoms with E-state index in [0.29, 0.717) is 11.5 Å². The summed E-state index contributed by atoms with van der Waals surface area (Å²) in [6, 6.07) is 4.18. The minimum absolute atomic E-state index is 0.0917. The SMILES string of the molecule is O=S1CCC(Nc2cccc(F)c2F)CC1. The van der Waals surface area contributed by atoms with Crippen molar-refractivity contribution in [3.63, 3.8) is 0 Å². The molecule has 5 heteroatoms. The summed E-state index contributed by atoms with van der Waals surface area (Å²) in [5.41, 5.74) is 0.192. The number of hydrogen-bond acceptors (Lipinski definition) is 2. The van der Waals surface area contributed by atoms with Crippen molar-refractivity contribution >= 4 is 16.5 Å². The molecular formula is C11H13F2NOS. The standard InChI is InChI=1S/C11H13F2NOS/c12-9-2-1-3-10(11(9)13)14-8-4-6-16(15)7-5-8/h1-3,8,14H,4-7H2. The second-order valence-electron chi connectivity index (χ2n) is 3.87. The summed E-state index contributed by atoms with van der Waals surface area (Å²) in [7, 11) is -0.736. The highest BCUT2D eigenvalue weighted by Gasteiger charge is 2.19. The number of benzene rings is 1. The summed E-state index contributed by atoms with van der Waals surface area (Å²) < 4.78 is 37.4. The van der Waals surface area contributed by atoms with Crippen molar-refractivity contribution in [2.75, 3.05) is 16.8 Å². The number of anilines is 1. The van der Waals surface area contributed by atoms with Gasteiger partial charge in [0.2, 0.25) is 0 Å². The summed E-state index contributed by atoms with van der Waals surface area (Å²) in [6.07, 6.45) is 1.48. The van der Waals surface area contributed by atoms with Crippen molar-refractivity contribution in [2.24, 2.45) is 0 Å². The molecule has 0 aromatic heterocycles. The molecule has 88 valence electrons. The van der Waals surface area contributed by atoms with E-state index in [4.69, 9.17) is 0 Å². The molecule has 1 fully saturated rings. The van der Waals surface area contributed by atoms with Crippen molar-refractivity contribution < 1.29 is 13.0 Å². The maximum Gasteiger partial charge on any atom is 0.181 e. The molecule has 0 spiro atoms. The topological polar surface area (TPSA) is 29.1 Å². The van der Waals surface area contributed by atoms with E-state index in [-0.39, 0.29) is 11.7 Å². The zero-order valence-corrected chi connectivity index (χ0v) is 9.53. The highest BCUT2D eigenvalue weighted by atomic mass is 32.2. The Morgan fingerprint density at radius 3 is 2.62 bits per heavy atom. The van der Waals surface area contributed by atoms with Crippen molar-refractivity contribution in [2.45, 2.75) is 18.9 Å². The summed E-state index contributed by atoms with van der Waals surface area (Å²) in [4.78, 5) is 0. The number of rotatable bonds is 2. The van der Waals surface area contributed by atoms with Crippen LogP contribution in [0.15, 0.2) is 18.2 Å². The van der Waals surface area contributed by atoms with E-state index in [1.807, 2.05) is 0 Å². The Bertz CT molecular complexity index is 401. The summed E-state index contributed by atoms with van der Waals surface area (Å²) in [5, 5.41) is 2.96. The Hall–Kier alpha value is -0.970. The van der Waals surface area contributed by atoms with Gasteiger partial charge in [-0.05, 0) is 25.0 Å². The van der Waals surface area contributed by atoms with Gasteiger partial charge in [-0.2, -0.15) is 0 Å². The van der Waals surface area contributed by atoms with E-state index < -0.39 is 22.4 Å². The maximum absolute atomic E-state index is 13.3. The van der Waals surface area contributed by atoms with E-state index in [9.17, 15) is 13.0 Å². The molecule has 1 aromatic carbocycles. The highest BCUT2D eigenvalue weighted by molar-refractivity contribution is 7.85. The third kappa shape index (κ3) is 2.58. The van der Waals surface area contributed by atoms with E-state index >= 15 is 0 Å². The Morgan fingerprint density at radius 2 is 1.94 bits per heavy atom. The van der Waals surface area contributed by atoms with Crippen LogP contribution in [0.1, 0.15) is 12.8 Å². The Labute approximate surface area is 95.5 Å². The average Bonchev–Trinajstić information content (AvgIpc) is 2.28. The molecule has 0 radical (unpaired) electrons. The molecule has 1 N–H and O–H groups in total. The van der Waals surface area contributed by atoms with Crippen LogP contribution in [0.5, 0.6) is 0 Å². The van der Waals surface area contributed by atoms with Crippen molar-refractivity contribution in [3.05, 3.63) is 29.8 Å². The van der Waals surface area contributed by atoms with E-state index in [2.05, 4.69) is 5.32 Å². The fraction of sp³-hybridized carbons (Fsp3) is 0.455. The number of halogens is 2. The van der Waals surface area contributed by atoms with Gasteiger partial charge in [0.05, 0.1) is 5.69 Å². The first-order valence-corrected chi connectivity index (χ1v) is 6.71. The molecule has 2 rings (SSSR count). The van der Waals surface area contributed by atoms with Crippen molar-refractivity contribution in [1.29, 1.82) is 0 Å². The Morgan fingerprint density at radius 1 is 1.25 bits per heavy atom. The summed E-state index contributed by atoms with van der Waals surface area (Å²) >= 11 is 0. The second kappa shape index (κ2) is 4.91. The van der Waals surface area contributed by atoms with Gasteiger partial charge in [-0.1, -0.05) is 6.07 Å². The van der Waals surface area contributed by atoms with Crippen molar-refractivity contribution in [3.8, 4) is 0 Å². The highest BCUT2D eigenvalue weighted by Crippen LogP contribution is 2.20. The molecule has 1 aromatic rings. The van der Waals surface area contributed by atoms with Crippen LogP contribution in [0.2, 0.25) is 0 Å². The van der Waals surface area contributed by atoms with Gasteiger partial charge in [0.1, 0.15) is 0 Å². The van der Waals surface area contributed by atoms with Gasteiger partial charge in [0.25, 0.3) is 0 Å². The van der Waals surface area contributed by atoms with Gasteiger partial charge in [0.15, 0.2) is 11.6 Å². The largest absolute Gasteiger partial charge is 0.380 e. The average molecular weight is 245 g/mol. The second-order valence-corrected chi connectivity index (χ2v) is 5.56. The first kappa shape index (κ1) is 11.5. The lowest BCUT2D eigenvalue weighted by atomic mass is 10.1. The van der Waals surface area contributed by atoms with Crippen LogP contribution in [-0.2, 0) is 10.8 Å². The zero-order valence-electron chi connectivity index (χ0n) is 8.71. The molecule has 0 unspecified atom stereocenters. The molecule has 0 bridgehead atoms. The van der Waals surface area contributed by atoms with Gasteiger partial charge in [0, 0.05) is 28.3 Å². The smallest absolute Gasteiger partial charge is 0.181 e. The van der Waals surface area contributed by atoms with Gasteiger partial charge < -0.3 is 5.32 Å². The monoisotopic (exact) mass is 245 g/mol. The van der Waals surface area contributed by atoms with Crippen LogP contribution in [0.3, 0.4) is 0 Å². The quantitative estimate of drug-likeness (QED) is 0.866. The third-order valence-corrected chi connectivity index (χ3v) is 4.08. The Balaban J connectivity index is 2.04. The lowest BCUT2D eigenvalue weighted by Gasteiger charge is -2.23. The van der Waals surface area contributed by atoms with E-state index in [1.54, 1.807) is 0 Å². The van der Waals surface area contributed by atoms with E-state index in [0.717, 1.165) is 18.9 Å². The molecule has 1 aliphatic rings. The van der Waals surface area contributed by atoms with Crippen molar-refractivity contribution in [1.82, 2.24) is 0 Å². The predicted molar refractivity (Wildman–Crippen MR) is 60.9 cm³/mol. The predicted octanol–water partition coefficient (Wildman–Crippen LogP) is 2.29. The van der Waals surface area contributed by atoms with E-state index in [1.165, 1.54) is 12.1 Å². The lowest BCUT2D eigenvalue weighted by Crippen LogP contribution is -2.29. The van der Waals surface area contributed by atoms with Crippen LogP contribution < -0.4 is 5.32 Å². The fourth-order valence-electron chi connectivity index (χ4n) is 1.77. The number of nitrogens with one attached hydrogen (secondary N) is 1. The van der Waals surface area contributed by atoms with Gasteiger partial charge in [-0.25, -0.2) is 8.78 Å². The summed E-state index contributed by atoms with van der Waals surface area (Å²) in [5.74, 6) is -0.415. The first-order valence-electron chi connectivity index (χ1n) is 5.22. The molecule has 16 heavy (non-hydrogen) atoms. The van der Waals surface area contributed by atoms with Crippen LogP contribution in [0, 0.1) is 11.6 Å². The molecule has 0 aliphatic carbocycles. The molecule has 1 saturated heterocycles. The van der Waals surface area contributed by atoms with Gasteiger partial charge in [-0.15, -0.1) is 0 Å². The van der Waals surface area contributed by atoms with Gasteiger partial charge >= 0.3 is 0 Å². The lowest BCUT2D eigenvalue weighted by molar-refractivity contribution is 0.508. The van der Waals surface area contributed by atoms with Crippen LogP contribution in [-0.4, -0.2) is 21.8 Å². The van der Waals surface area contributed by atoms with Crippen LogP contribution in [0.25, 0.3) is 0 Å². The van der Waals surface area contributed by atoms with Crippen LogP contribution >= 0.6 is 0 Å². The molecule has 1 heterocycles. The molecule has 0 saturated carbocycles. The molecular weight excluding hydrogens is 232 g/mol. The normalized spacial score (nSPS) is 25.4. The molecule has 0 amide bonds. The van der Waals surface area contributed by atoms with Gasteiger partial charge in [-0.3, -0.25) is 4.21 Å². The third-order valence-electron chi connectivity index (χ3n) is 2.70. The first-order chi connectivity index (χ1) is 7.66. The molecule has 2 nitrogen and oxygen atoms in total.